The van der Waals surface area contributed by atoms with Gasteiger partial charge >= 0.3 is 24.3 Å². The van der Waals surface area contributed by atoms with E-state index < -0.39 is 24.3 Å². The fraction of sp³-hybridized carbons (Fsp3) is 0.667. The minimum atomic E-state index is -5.08. The van der Waals surface area contributed by atoms with E-state index in [0.717, 1.165) is 52.3 Å². The first-order valence-corrected chi connectivity index (χ1v) is 10.6. The molecule has 0 spiro atoms. The molecule has 1 aromatic heterocycles. The molecule has 2 fully saturated rings. The molecule has 0 bridgehead atoms. The topological polar surface area (TPSA) is 109 Å². The number of nitrogens with zero attached hydrogens (tertiary/aromatic N) is 2. The van der Waals surface area contributed by atoms with Crippen LogP contribution in [-0.2, 0) is 25.6 Å². The van der Waals surface area contributed by atoms with Crippen LogP contribution < -0.4 is 0 Å². The predicted octanol–water partition coefficient (Wildman–Crippen LogP) is 3.76. The first kappa shape index (κ1) is 30.6. The molecule has 2 aliphatic rings. The summed E-state index contributed by atoms with van der Waals surface area (Å²) in [6.07, 6.45) is -2.48. The number of pyridine rings is 1. The van der Waals surface area contributed by atoms with Crippen LogP contribution in [0.3, 0.4) is 0 Å². The highest BCUT2D eigenvalue weighted by Gasteiger charge is 2.46. The number of carbonyl (C=O) groups is 2. The molecule has 0 radical (unpaired) electrons. The van der Waals surface area contributed by atoms with Gasteiger partial charge in [0.1, 0.15) is 0 Å². The van der Waals surface area contributed by atoms with Crippen molar-refractivity contribution in [1.82, 2.24) is 9.88 Å². The monoisotopic (exact) mass is 518 g/mol. The summed E-state index contributed by atoms with van der Waals surface area (Å²) in [6.45, 7) is 7.77. The van der Waals surface area contributed by atoms with E-state index in [0.29, 0.717) is 6.10 Å². The van der Waals surface area contributed by atoms with Gasteiger partial charge in [0, 0.05) is 50.7 Å². The van der Waals surface area contributed by atoms with Crippen molar-refractivity contribution in [2.75, 3.05) is 32.9 Å². The number of piperidine rings is 1. The van der Waals surface area contributed by atoms with E-state index in [1.54, 1.807) is 0 Å². The lowest BCUT2D eigenvalue weighted by Gasteiger charge is -2.50. The van der Waals surface area contributed by atoms with Crippen molar-refractivity contribution in [2.45, 2.75) is 51.2 Å². The number of aliphatic carboxylic acids is 2. The zero-order chi connectivity index (χ0) is 26.7. The van der Waals surface area contributed by atoms with Crippen molar-refractivity contribution in [3.8, 4) is 0 Å². The molecule has 0 aliphatic carbocycles. The van der Waals surface area contributed by atoms with Crippen LogP contribution in [0.5, 0.6) is 0 Å². The maximum absolute atomic E-state index is 10.6. The van der Waals surface area contributed by atoms with Gasteiger partial charge in [0.15, 0.2) is 0 Å². The van der Waals surface area contributed by atoms with Crippen LogP contribution in [0.4, 0.5) is 26.3 Å². The van der Waals surface area contributed by atoms with Crippen LogP contribution in [-0.4, -0.2) is 83.4 Å². The van der Waals surface area contributed by atoms with Gasteiger partial charge in [0.25, 0.3) is 0 Å². The van der Waals surface area contributed by atoms with E-state index in [1.165, 1.54) is 12.0 Å². The summed E-state index contributed by atoms with van der Waals surface area (Å²) in [7, 11) is 0. The van der Waals surface area contributed by atoms with Crippen LogP contribution in [0.1, 0.15) is 31.7 Å². The molecule has 14 heteroatoms. The second-order valence-corrected chi connectivity index (χ2v) is 7.93. The van der Waals surface area contributed by atoms with E-state index in [9.17, 15) is 26.3 Å². The Balaban J connectivity index is 0.000000362. The highest BCUT2D eigenvalue weighted by Crippen LogP contribution is 2.40. The van der Waals surface area contributed by atoms with Crippen molar-refractivity contribution >= 4 is 11.9 Å². The number of ether oxygens (including phenoxy) is 2. The lowest BCUT2D eigenvalue weighted by Crippen LogP contribution is -2.56. The molecule has 2 aliphatic heterocycles. The minimum Gasteiger partial charge on any atom is -0.475 e. The number of hydrogen-bond acceptors (Lipinski definition) is 6. The summed E-state index contributed by atoms with van der Waals surface area (Å²) < 4.78 is 75.3. The Bertz CT molecular complexity index is 769. The molecule has 1 aromatic rings. The number of fused-ring (bicyclic) bond motifs is 1. The molecule has 3 heterocycles. The number of alkyl halides is 6. The maximum Gasteiger partial charge on any atom is 0.490 e. The Morgan fingerprint density at radius 1 is 1.20 bits per heavy atom. The lowest BCUT2D eigenvalue weighted by atomic mass is 9.73. The van der Waals surface area contributed by atoms with Gasteiger partial charge < -0.3 is 19.7 Å². The average molecular weight is 518 g/mol. The number of halogens is 6. The van der Waals surface area contributed by atoms with Gasteiger partial charge in [-0.05, 0) is 37.8 Å². The summed E-state index contributed by atoms with van der Waals surface area (Å²) in [4.78, 5) is 24.6. The van der Waals surface area contributed by atoms with E-state index in [-0.39, 0.29) is 5.41 Å². The van der Waals surface area contributed by atoms with Crippen LogP contribution in [0.15, 0.2) is 24.5 Å². The summed E-state index contributed by atoms with van der Waals surface area (Å²) in [5, 5.41) is 14.2. The molecule has 0 saturated carbocycles. The SMILES string of the molecule is CCOCC12CCCOC1CCN(Cc1cccnc1)C2.O=C(O)C(F)(F)F.O=C(O)C(F)(F)F. The molecule has 200 valence electrons. The van der Waals surface area contributed by atoms with Crippen LogP contribution in [0.2, 0.25) is 0 Å². The average Bonchev–Trinajstić information content (AvgIpc) is 2.78. The second kappa shape index (κ2) is 13.6. The maximum atomic E-state index is 10.6. The van der Waals surface area contributed by atoms with Gasteiger partial charge in [-0.2, -0.15) is 26.3 Å². The lowest BCUT2D eigenvalue weighted by molar-refractivity contribution is -0.193. The van der Waals surface area contributed by atoms with Crippen molar-refractivity contribution in [3.05, 3.63) is 30.1 Å². The number of carboxylic acids is 2. The Kier molecular flexibility index (Phi) is 11.9. The summed E-state index contributed by atoms with van der Waals surface area (Å²) in [5.41, 5.74) is 1.48. The molecule has 0 amide bonds. The van der Waals surface area contributed by atoms with Crippen molar-refractivity contribution in [3.63, 3.8) is 0 Å². The third-order valence-electron chi connectivity index (χ3n) is 5.27. The molecule has 35 heavy (non-hydrogen) atoms. The standard InChI is InChI=1S/C17H26N2O2.2C2HF3O2/c1-2-20-14-17-7-4-10-21-16(17)6-9-19(13-17)12-15-5-3-8-18-11-15;2*3-2(4,5)1(6)7/h3,5,8,11,16H,2,4,6-7,9-10,12-14H2,1H3;2*(H,6,7). The van der Waals surface area contributed by atoms with Crippen LogP contribution in [0.25, 0.3) is 0 Å². The van der Waals surface area contributed by atoms with Gasteiger partial charge in [0.2, 0.25) is 0 Å². The number of hydrogen-bond donors (Lipinski definition) is 2. The number of aromatic nitrogens is 1. The Morgan fingerprint density at radius 2 is 1.80 bits per heavy atom. The minimum absolute atomic E-state index is 0.189. The third kappa shape index (κ3) is 10.8. The smallest absolute Gasteiger partial charge is 0.475 e. The highest BCUT2D eigenvalue weighted by atomic mass is 19.4. The van der Waals surface area contributed by atoms with Gasteiger partial charge in [-0.3, -0.25) is 9.88 Å². The summed E-state index contributed by atoms with van der Waals surface area (Å²) in [5.74, 6) is -5.51. The Labute approximate surface area is 197 Å². The van der Waals surface area contributed by atoms with Crippen LogP contribution >= 0.6 is 0 Å². The second-order valence-electron chi connectivity index (χ2n) is 7.93. The molecule has 2 N–H and O–H groups in total. The highest BCUT2D eigenvalue weighted by molar-refractivity contribution is 5.73. The Hall–Kier alpha value is -2.45. The van der Waals surface area contributed by atoms with E-state index >= 15 is 0 Å². The van der Waals surface area contributed by atoms with Crippen molar-refractivity contribution < 1.29 is 55.6 Å². The summed E-state index contributed by atoms with van der Waals surface area (Å²) in [6, 6.07) is 4.17. The largest absolute Gasteiger partial charge is 0.490 e. The van der Waals surface area contributed by atoms with Gasteiger partial charge in [-0.25, -0.2) is 9.59 Å². The van der Waals surface area contributed by atoms with E-state index in [2.05, 4.69) is 22.9 Å². The predicted molar refractivity (Wildman–Crippen MR) is 109 cm³/mol. The Morgan fingerprint density at radius 3 is 2.29 bits per heavy atom. The molecular formula is C21H28F6N2O6. The summed E-state index contributed by atoms with van der Waals surface area (Å²) >= 11 is 0. The number of rotatable bonds is 5. The van der Waals surface area contributed by atoms with Crippen LogP contribution in [0, 0.1) is 5.41 Å². The molecule has 0 aromatic carbocycles. The van der Waals surface area contributed by atoms with E-state index in [4.69, 9.17) is 29.3 Å². The van der Waals surface area contributed by atoms with Crippen molar-refractivity contribution in [1.29, 1.82) is 0 Å². The quantitative estimate of drug-likeness (QED) is 0.568. The molecule has 8 nitrogen and oxygen atoms in total. The van der Waals surface area contributed by atoms with Gasteiger partial charge in [-0.15, -0.1) is 0 Å². The number of carboxylic acid groups (broad SMARTS) is 2. The van der Waals surface area contributed by atoms with Crippen molar-refractivity contribution in [2.24, 2.45) is 5.41 Å². The molecular weight excluding hydrogens is 490 g/mol. The molecule has 2 atom stereocenters. The first-order valence-electron chi connectivity index (χ1n) is 10.6. The zero-order valence-electron chi connectivity index (χ0n) is 18.9. The molecule has 2 unspecified atom stereocenters. The first-order chi connectivity index (χ1) is 16.2. The third-order valence-corrected chi connectivity index (χ3v) is 5.27. The van der Waals surface area contributed by atoms with Gasteiger partial charge in [-0.1, -0.05) is 6.07 Å². The molecule has 3 rings (SSSR count). The zero-order valence-corrected chi connectivity index (χ0v) is 18.9. The fourth-order valence-electron chi connectivity index (χ4n) is 3.78. The fourth-order valence-corrected chi connectivity index (χ4v) is 3.78. The molecule has 2 saturated heterocycles. The number of likely N-dealkylation sites (tertiary alicyclic amines) is 1. The van der Waals surface area contributed by atoms with E-state index in [1.807, 2.05) is 18.5 Å². The normalized spacial score (nSPS) is 22.5. The van der Waals surface area contributed by atoms with Gasteiger partial charge in [0.05, 0.1) is 12.7 Å².